The minimum atomic E-state index is -1.12. The van der Waals surface area contributed by atoms with Crippen molar-refractivity contribution >= 4 is 23.7 Å². The van der Waals surface area contributed by atoms with Crippen LogP contribution in [0.25, 0.3) is 0 Å². The summed E-state index contributed by atoms with van der Waals surface area (Å²) in [6.07, 6.45) is 0.412. The van der Waals surface area contributed by atoms with Gasteiger partial charge in [-0.25, -0.2) is 4.79 Å². The van der Waals surface area contributed by atoms with E-state index in [4.69, 9.17) is 9.47 Å². The number of fused-ring (bicyclic) bond motifs is 1. The van der Waals surface area contributed by atoms with Gasteiger partial charge in [0, 0.05) is 26.3 Å². The average Bonchev–Trinajstić information content (AvgIpc) is 3.40. The number of ether oxygens (including phenoxy) is 2. The first-order valence-corrected chi connectivity index (χ1v) is 10.5. The number of nitrogens with zero attached hydrogens (tertiary/aromatic N) is 2. The van der Waals surface area contributed by atoms with E-state index in [2.05, 4.69) is 0 Å². The predicted molar refractivity (Wildman–Crippen MR) is 114 cm³/mol. The number of carbonyl (C=O) groups excluding carboxylic acids is 4. The summed E-state index contributed by atoms with van der Waals surface area (Å²) < 4.78 is 11.1. The number of hydrogen-bond donors (Lipinski definition) is 0. The number of benzene rings is 2. The molecule has 2 aliphatic rings. The highest BCUT2D eigenvalue weighted by atomic mass is 16.5. The molecule has 2 unspecified atom stereocenters. The molecular formula is C24H24N2O6. The van der Waals surface area contributed by atoms with E-state index in [1.165, 1.54) is 23.1 Å². The van der Waals surface area contributed by atoms with Gasteiger partial charge in [-0.05, 0) is 31.0 Å². The van der Waals surface area contributed by atoms with Crippen LogP contribution in [0.15, 0.2) is 48.5 Å². The van der Waals surface area contributed by atoms with Crippen molar-refractivity contribution in [2.75, 3.05) is 27.2 Å². The van der Waals surface area contributed by atoms with E-state index in [1.807, 2.05) is 0 Å². The van der Waals surface area contributed by atoms with Gasteiger partial charge < -0.3 is 14.4 Å². The molecule has 166 valence electrons. The van der Waals surface area contributed by atoms with Crippen molar-refractivity contribution in [2.24, 2.45) is 0 Å². The van der Waals surface area contributed by atoms with Crippen molar-refractivity contribution in [3.05, 3.63) is 70.8 Å². The van der Waals surface area contributed by atoms with Gasteiger partial charge in [-0.3, -0.25) is 19.3 Å². The number of imide groups is 1. The summed E-state index contributed by atoms with van der Waals surface area (Å²) in [5, 5.41) is 0. The lowest BCUT2D eigenvalue weighted by atomic mass is 10.1. The third-order valence-corrected chi connectivity index (χ3v) is 5.61. The zero-order valence-electron chi connectivity index (χ0n) is 17.9. The molecule has 2 aromatic carbocycles. The molecule has 0 saturated carbocycles. The largest absolute Gasteiger partial charge is 0.444 e. The third-order valence-electron chi connectivity index (χ3n) is 5.61. The Balaban J connectivity index is 1.55. The fourth-order valence-corrected chi connectivity index (χ4v) is 3.87. The molecular weight excluding hydrogens is 412 g/mol. The summed E-state index contributed by atoms with van der Waals surface area (Å²) in [6.45, 7) is 0.817. The van der Waals surface area contributed by atoms with Gasteiger partial charge in [0.05, 0.1) is 29.3 Å². The number of rotatable bonds is 6. The fraction of sp³-hybridized carbons (Fsp3) is 0.333. The van der Waals surface area contributed by atoms with Crippen LogP contribution in [0.2, 0.25) is 0 Å². The maximum Gasteiger partial charge on any atom is 0.339 e. The van der Waals surface area contributed by atoms with Gasteiger partial charge in [-0.2, -0.15) is 0 Å². The minimum Gasteiger partial charge on any atom is -0.444 e. The van der Waals surface area contributed by atoms with Crippen molar-refractivity contribution in [1.82, 2.24) is 9.80 Å². The van der Waals surface area contributed by atoms with E-state index < -0.39 is 23.9 Å². The lowest BCUT2D eigenvalue weighted by molar-refractivity contribution is -0.138. The molecule has 1 fully saturated rings. The molecule has 2 heterocycles. The molecule has 0 aliphatic carbocycles. The number of amides is 3. The van der Waals surface area contributed by atoms with Crippen molar-refractivity contribution in [2.45, 2.75) is 25.0 Å². The molecule has 2 aliphatic heterocycles. The highest BCUT2D eigenvalue weighted by Gasteiger charge is 2.38. The Morgan fingerprint density at radius 2 is 1.81 bits per heavy atom. The van der Waals surface area contributed by atoms with Crippen LogP contribution in [0.1, 0.15) is 55.6 Å². The smallest absolute Gasteiger partial charge is 0.339 e. The van der Waals surface area contributed by atoms with Gasteiger partial charge in [0.1, 0.15) is 0 Å². The van der Waals surface area contributed by atoms with Crippen LogP contribution >= 0.6 is 0 Å². The van der Waals surface area contributed by atoms with Crippen LogP contribution in [0.3, 0.4) is 0 Å². The summed E-state index contributed by atoms with van der Waals surface area (Å²) in [6, 6.07) is 12.9. The predicted octanol–water partition coefficient (Wildman–Crippen LogP) is 2.45. The van der Waals surface area contributed by atoms with E-state index >= 15 is 0 Å². The van der Waals surface area contributed by atoms with Gasteiger partial charge in [-0.15, -0.1) is 0 Å². The molecule has 0 spiro atoms. The molecule has 0 bridgehead atoms. The van der Waals surface area contributed by atoms with Crippen molar-refractivity contribution in [3.63, 3.8) is 0 Å². The Labute approximate surface area is 185 Å². The third kappa shape index (κ3) is 4.13. The van der Waals surface area contributed by atoms with E-state index in [0.717, 1.165) is 17.7 Å². The summed E-state index contributed by atoms with van der Waals surface area (Å²) in [7, 11) is 3.16. The SMILES string of the molecule is CN(C)C(=O)C(OC(=O)c1ccc2c(c1)C(=O)N(CC1CCCO1)C2=O)c1ccccc1. The minimum absolute atomic E-state index is 0.0938. The van der Waals surface area contributed by atoms with Crippen LogP contribution in [-0.2, 0) is 14.3 Å². The molecule has 32 heavy (non-hydrogen) atoms. The molecule has 4 rings (SSSR count). The van der Waals surface area contributed by atoms with Gasteiger partial charge in [0.25, 0.3) is 17.7 Å². The number of carbonyl (C=O) groups is 4. The first-order chi connectivity index (χ1) is 15.4. The van der Waals surface area contributed by atoms with E-state index in [9.17, 15) is 19.2 Å². The average molecular weight is 436 g/mol. The van der Waals surface area contributed by atoms with E-state index in [0.29, 0.717) is 12.2 Å². The highest BCUT2D eigenvalue weighted by molar-refractivity contribution is 6.22. The standard InChI is InChI=1S/C24H24N2O6/c1-25(2)23(29)20(15-7-4-3-5-8-15)32-24(30)16-10-11-18-19(13-16)22(28)26(21(18)27)14-17-9-6-12-31-17/h3-5,7-8,10-11,13,17,20H,6,9,12,14H2,1-2H3. The monoisotopic (exact) mass is 436 g/mol. The lowest BCUT2D eigenvalue weighted by Gasteiger charge is -2.21. The first kappa shape index (κ1) is 21.7. The Morgan fingerprint density at radius 3 is 2.47 bits per heavy atom. The summed E-state index contributed by atoms with van der Waals surface area (Å²) in [5.74, 6) is -2.00. The quantitative estimate of drug-likeness (QED) is 0.510. The zero-order valence-corrected chi connectivity index (χ0v) is 17.9. The van der Waals surface area contributed by atoms with Crippen LogP contribution in [-0.4, -0.2) is 66.8 Å². The number of likely N-dealkylation sites (N-methyl/N-ethyl adjacent to an activating group) is 1. The fourth-order valence-electron chi connectivity index (χ4n) is 3.87. The Bertz CT molecular complexity index is 1060. The lowest BCUT2D eigenvalue weighted by Crippen LogP contribution is -2.36. The van der Waals surface area contributed by atoms with Crippen LogP contribution < -0.4 is 0 Å². The second kappa shape index (κ2) is 8.92. The van der Waals surface area contributed by atoms with Crippen LogP contribution in [0, 0.1) is 0 Å². The van der Waals surface area contributed by atoms with E-state index in [-0.39, 0.29) is 35.2 Å². The molecule has 2 atom stereocenters. The van der Waals surface area contributed by atoms with E-state index in [1.54, 1.807) is 44.4 Å². The highest BCUT2D eigenvalue weighted by Crippen LogP contribution is 2.27. The molecule has 0 aromatic heterocycles. The van der Waals surface area contributed by atoms with Gasteiger partial charge in [-0.1, -0.05) is 30.3 Å². The van der Waals surface area contributed by atoms with Gasteiger partial charge in [0.15, 0.2) is 0 Å². The molecule has 8 heteroatoms. The van der Waals surface area contributed by atoms with Gasteiger partial charge >= 0.3 is 5.97 Å². The molecule has 3 amide bonds. The first-order valence-electron chi connectivity index (χ1n) is 10.5. The molecule has 2 aromatic rings. The van der Waals surface area contributed by atoms with Crippen molar-refractivity contribution in [3.8, 4) is 0 Å². The maximum absolute atomic E-state index is 12.9. The number of hydrogen-bond acceptors (Lipinski definition) is 6. The van der Waals surface area contributed by atoms with Gasteiger partial charge in [0.2, 0.25) is 6.10 Å². The second-order valence-electron chi connectivity index (χ2n) is 8.04. The normalized spacial score (nSPS) is 18.4. The maximum atomic E-state index is 12.9. The van der Waals surface area contributed by atoms with Crippen molar-refractivity contribution < 1.29 is 28.7 Å². The molecule has 0 N–H and O–H groups in total. The Morgan fingerprint density at radius 1 is 1.09 bits per heavy atom. The molecule has 0 radical (unpaired) electrons. The molecule has 8 nitrogen and oxygen atoms in total. The van der Waals surface area contributed by atoms with Crippen molar-refractivity contribution in [1.29, 1.82) is 0 Å². The Hall–Kier alpha value is -3.52. The summed E-state index contributed by atoms with van der Waals surface area (Å²) in [4.78, 5) is 53.6. The van der Waals surface area contributed by atoms with Crippen LogP contribution in [0.5, 0.6) is 0 Å². The summed E-state index contributed by atoms with van der Waals surface area (Å²) in [5.41, 5.74) is 1.03. The Kier molecular flexibility index (Phi) is 6.05. The molecule has 1 saturated heterocycles. The number of esters is 1. The summed E-state index contributed by atoms with van der Waals surface area (Å²) >= 11 is 0. The topological polar surface area (TPSA) is 93.2 Å². The van der Waals surface area contributed by atoms with Crippen LogP contribution in [0.4, 0.5) is 0 Å². The second-order valence-corrected chi connectivity index (χ2v) is 8.04. The zero-order chi connectivity index (χ0) is 22.8.